The first-order chi connectivity index (χ1) is 18.1. The topological polar surface area (TPSA) is 117 Å². The van der Waals surface area contributed by atoms with E-state index in [4.69, 9.17) is 4.74 Å². The molecule has 1 atom stereocenters. The first kappa shape index (κ1) is 26.4. The molecule has 1 amide bonds. The Hall–Kier alpha value is -4.65. The highest BCUT2D eigenvalue weighted by molar-refractivity contribution is 5.83. The molecule has 2 aromatic carbocycles. The lowest BCUT2D eigenvalue weighted by Gasteiger charge is -2.23. The second-order valence-electron chi connectivity index (χ2n) is 9.91. The van der Waals surface area contributed by atoms with E-state index in [0.29, 0.717) is 12.1 Å². The molecular weight excluding hydrogens is 485 g/mol. The van der Waals surface area contributed by atoms with E-state index < -0.39 is 23.6 Å². The van der Waals surface area contributed by atoms with Crippen LogP contribution < -0.4 is 16.0 Å². The molecule has 0 saturated heterocycles. The Morgan fingerprint density at radius 3 is 2.63 bits per heavy atom. The molecule has 0 aliphatic heterocycles. The van der Waals surface area contributed by atoms with Gasteiger partial charge in [0.25, 0.3) is 0 Å². The molecule has 0 fully saturated rings. The average molecular weight is 516 g/mol. The van der Waals surface area contributed by atoms with Gasteiger partial charge in [0.2, 0.25) is 0 Å². The van der Waals surface area contributed by atoms with Gasteiger partial charge >= 0.3 is 6.09 Å². The number of aromatic nitrogens is 3. The van der Waals surface area contributed by atoms with Crippen LogP contribution in [0.4, 0.5) is 26.5 Å². The van der Waals surface area contributed by atoms with E-state index in [1.54, 1.807) is 31.6 Å². The number of fused-ring (bicyclic) bond motifs is 1. The van der Waals surface area contributed by atoms with Crippen molar-refractivity contribution in [3.05, 3.63) is 77.7 Å². The molecule has 0 aliphatic rings. The fourth-order valence-corrected chi connectivity index (χ4v) is 3.94. The second kappa shape index (κ2) is 11.2. The predicted octanol–water partition coefficient (Wildman–Crippen LogP) is 5.27. The lowest BCUT2D eigenvalue weighted by atomic mass is 10.1. The maximum absolute atomic E-state index is 15.1. The summed E-state index contributed by atoms with van der Waals surface area (Å²) in [6.07, 6.45) is 1.65. The van der Waals surface area contributed by atoms with E-state index in [2.05, 4.69) is 26.0 Å². The normalized spacial score (nSPS) is 12.0. The minimum absolute atomic E-state index is 0.0409. The Morgan fingerprint density at radius 2 is 1.92 bits per heavy atom. The van der Waals surface area contributed by atoms with Gasteiger partial charge in [0.1, 0.15) is 11.7 Å². The number of hydrogen-bond donors (Lipinski definition) is 3. The molecule has 196 valence electrons. The summed E-state index contributed by atoms with van der Waals surface area (Å²) in [7, 11) is 1.85. The van der Waals surface area contributed by atoms with Crippen LogP contribution in [0.2, 0.25) is 0 Å². The largest absolute Gasteiger partial charge is 0.444 e. The molecule has 0 aliphatic carbocycles. The van der Waals surface area contributed by atoms with Crippen molar-refractivity contribution in [3.8, 4) is 6.07 Å². The number of hydrogen-bond acceptors (Lipinski definition) is 7. The van der Waals surface area contributed by atoms with Crippen molar-refractivity contribution in [1.29, 1.82) is 5.26 Å². The summed E-state index contributed by atoms with van der Waals surface area (Å²) in [5.41, 5.74) is 2.04. The van der Waals surface area contributed by atoms with E-state index in [0.717, 1.165) is 22.5 Å². The highest BCUT2D eigenvalue weighted by Gasteiger charge is 2.20. The summed E-state index contributed by atoms with van der Waals surface area (Å²) < 4.78 is 22.2. The number of nitriles is 1. The Bertz CT molecular complexity index is 1470. The number of benzene rings is 2. The van der Waals surface area contributed by atoms with Gasteiger partial charge in [-0.25, -0.2) is 14.2 Å². The summed E-state index contributed by atoms with van der Waals surface area (Å²) in [5, 5.41) is 23.7. The smallest absolute Gasteiger partial charge is 0.407 e. The molecule has 0 unspecified atom stereocenters. The maximum atomic E-state index is 15.1. The van der Waals surface area contributed by atoms with Gasteiger partial charge in [-0.3, -0.25) is 4.68 Å². The number of amides is 1. The van der Waals surface area contributed by atoms with Crippen LogP contribution in [-0.4, -0.2) is 39.0 Å². The molecule has 9 nitrogen and oxygen atoms in total. The summed E-state index contributed by atoms with van der Waals surface area (Å²) in [4.78, 5) is 16.7. The van der Waals surface area contributed by atoms with Crippen molar-refractivity contribution >= 4 is 34.3 Å². The highest BCUT2D eigenvalue weighted by atomic mass is 19.1. The van der Waals surface area contributed by atoms with E-state index in [9.17, 15) is 10.1 Å². The predicted molar refractivity (Wildman–Crippen MR) is 145 cm³/mol. The zero-order chi connectivity index (χ0) is 27.3. The van der Waals surface area contributed by atoms with Gasteiger partial charge in [-0.1, -0.05) is 30.3 Å². The van der Waals surface area contributed by atoms with Crippen LogP contribution >= 0.6 is 0 Å². The summed E-state index contributed by atoms with van der Waals surface area (Å²) >= 11 is 0. The number of alkyl carbamates (subject to hydrolysis) is 1. The van der Waals surface area contributed by atoms with Crippen LogP contribution in [0.1, 0.15) is 31.9 Å². The number of carbonyl (C=O) groups is 1. The Kier molecular flexibility index (Phi) is 7.76. The van der Waals surface area contributed by atoms with Crippen molar-refractivity contribution in [2.24, 2.45) is 7.05 Å². The van der Waals surface area contributed by atoms with Crippen LogP contribution in [0.5, 0.6) is 0 Å². The SMILES string of the molecule is Cn1ncc2cc(Nc3nc(N[C@@H](CNC(=O)OC(C)(C)C)Cc4ccccc4)c(F)cc3C#N)ccc21. The summed E-state index contributed by atoms with van der Waals surface area (Å²) in [6, 6.07) is 18.0. The molecule has 10 heteroatoms. The van der Waals surface area contributed by atoms with E-state index >= 15 is 4.39 Å². The lowest BCUT2D eigenvalue weighted by Crippen LogP contribution is -2.40. The van der Waals surface area contributed by atoms with Gasteiger partial charge in [-0.2, -0.15) is 10.4 Å². The Balaban J connectivity index is 1.58. The number of rotatable bonds is 8. The number of carbonyl (C=O) groups excluding carboxylic acids is 1. The standard InChI is InChI=1S/C28H30FN7O2/c1-28(2,3)38-27(37)31-17-22(12-18-8-6-5-7-9-18)34-26-23(29)14-19(15-30)25(35-26)33-21-10-11-24-20(13-21)16-32-36(24)4/h5-11,13-14,16,22H,12,17H2,1-4H3,(H,31,37)(H2,33,34,35)/t22-/m1/s1. The quantitative estimate of drug-likeness (QED) is 0.293. The molecule has 0 saturated carbocycles. The monoisotopic (exact) mass is 515 g/mol. The third kappa shape index (κ3) is 6.76. The van der Waals surface area contributed by atoms with Crippen LogP contribution in [0.3, 0.4) is 0 Å². The Labute approximate surface area is 220 Å². The number of halogens is 1. The Morgan fingerprint density at radius 1 is 1.16 bits per heavy atom. The van der Waals surface area contributed by atoms with Crippen LogP contribution in [0.25, 0.3) is 10.9 Å². The molecular formula is C28H30FN7O2. The maximum Gasteiger partial charge on any atom is 0.407 e. The first-order valence-corrected chi connectivity index (χ1v) is 12.2. The van der Waals surface area contributed by atoms with Crippen molar-refractivity contribution in [1.82, 2.24) is 20.1 Å². The van der Waals surface area contributed by atoms with Gasteiger partial charge in [0, 0.05) is 30.7 Å². The van der Waals surface area contributed by atoms with Crippen LogP contribution in [-0.2, 0) is 18.2 Å². The molecule has 3 N–H and O–H groups in total. The number of pyridine rings is 1. The van der Waals surface area contributed by atoms with Gasteiger partial charge in [0.15, 0.2) is 17.5 Å². The van der Waals surface area contributed by atoms with Gasteiger partial charge < -0.3 is 20.7 Å². The van der Waals surface area contributed by atoms with Crippen LogP contribution in [0.15, 0.2) is 60.8 Å². The minimum Gasteiger partial charge on any atom is -0.444 e. The molecule has 0 radical (unpaired) electrons. The fourth-order valence-electron chi connectivity index (χ4n) is 3.94. The second-order valence-corrected chi connectivity index (χ2v) is 9.91. The van der Waals surface area contributed by atoms with Gasteiger partial charge in [-0.05, 0) is 57.0 Å². The first-order valence-electron chi connectivity index (χ1n) is 12.2. The third-order valence-corrected chi connectivity index (χ3v) is 5.66. The van der Waals surface area contributed by atoms with Crippen molar-refractivity contribution in [3.63, 3.8) is 0 Å². The zero-order valence-electron chi connectivity index (χ0n) is 21.7. The molecule has 0 bridgehead atoms. The molecule has 2 aromatic heterocycles. The van der Waals surface area contributed by atoms with E-state index in [1.807, 2.05) is 61.6 Å². The lowest BCUT2D eigenvalue weighted by molar-refractivity contribution is 0.0525. The number of nitrogens with zero attached hydrogens (tertiary/aromatic N) is 4. The van der Waals surface area contributed by atoms with Gasteiger partial charge in [0.05, 0.1) is 17.3 Å². The molecule has 0 spiro atoms. The highest BCUT2D eigenvalue weighted by Crippen LogP contribution is 2.26. The van der Waals surface area contributed by atoms with Crippen molar-refractivity contribution in [2.75, 3.05) is 17.2 Å². The zero-order valence-corrected chi connectivity index (χ0v) is 21.7. The minimum atomic E-state index is -0.676. The third-order valence-electron chi connectivity index (χ3n) is 5.66. The number of nitrogens with one attached hydrogen (secondary N) is 3. The number of anilines is 3. The molecule has 38 heavy (non-hydrogen) atoms. The van der Waals surface area contributed by atoms with Crippen LogP contribution in [0, 0.1) is 17.1 Å². The van der Waals surface area contributed by atoms with E-state index in [1.165, 1.54) is 0 Å². The molecule has 4 rings (SSSR count). The summed E-state index contributed by atoms with van der Waals surface area (Å²) in [5.74, 6) is -0.510. The van der Waals surface area contributed by atoms with Crippen molar-refractivity contribution in [2.45, 2.75) is 38.8 Å². The van der Waals surface area contributed by atoms with E-state index in [-0.39, 0.29) is 23.7 Å². The fraction of sp³-hybridized carbons (Fsp3) is 0.286. The number of ether oxygens (including phenoxy) is 1. The number of aryl methyl sites for hydroxylation is 1. The molecule has 4 aromatic rings. The van der Waals surface area contributed by atoms with Gasteiger partial charge in [-0.15, -0.1) is 0 Å². The molecule has 2 heterocycles. The summed E-state index contributed by atoms with van der Waals surface area (Å²) in [6.45, 7) is 5.50. The van der Waals surface area contributed by atoms with Crippen molar-refractivity contribution < 1.29 is 13.9 Å². The average Bonchev–Trinajstić information content (AvgIpc) is 3.23.